The highest BCUT2D eigenvalue weighted by molar-refractivity contribution is 5.20. The molecule has 0 aromatic carbocycles. The molecule has 0 atom stereocenters. The van der Waals surface area contributed by atoms with Gasteiger partial charge in [0.2, 0.25) is 0 Å². The van der Waals surface area contributed by atoms with Crippen LogP contribution in [0.25, 0.3) is 0 Å². The van der Waals surface area contributed by atoms with Crippen molar-refractivity contribution in [1.29, 1.82) is 0 Å². The first kappa shape index (κ1) is 13.8. The Labute approximate surface area is 94.6 Å². The summed E-state index contributed by atoms with van der Waals surface area (Å²) in [6, 6.07) is 0.444. The first-order valence-electron chi connectivity index (χ1n) is 5.26. The van der Waals surface area contributed by atoms with Gasteiger partial charge in [-0.05, 0) is 33.8 Å². The maximum absolute atomic E-state index is 4.07. The van der Waals surface area contributed by atoms with Crippen LogP contribution in [0.2, 0.25) is 0 Å². The Hall–Kier alpha value is -1.18. The van der Waals surface area contributed by atoms with Crippen LogP contribution in [-0.2, 0) is 0 Å². The summed E-state index contributed by atoms with van der Waals surface area (Å²) in [5, 5.41) is 0. The number of rotatable bonds is 5. The fourth-order valence-electron chi connectivity index (χ4n) is 1.13. The summed E-state index contributed by atoms with van der Waals surface area (Å²) in [5.41, 5.74) is 2.21. The van der Waals surface area contributed by atoms with E-state index in [0.717, 1.165) is 11.5 Å². The van der Waals surface area contributed by atoms with Crippen molar-refractivity contribution in [3.63, 3.8) is 0 Å². The predicted octanol–water partition coefficient (Wildman–Crippen LogP) is 3.21. The van der Waals surface area contributed by atoms with Gasteiger partial charge in [-0.2, -0.15) is 0 Å². The lowest BCUT2D eigenvalue weighted by Crippen LogP contribution is -2.33. The van der Waals surface area contributed by atoms with E-state index >= 15 is 0 Å². The second kappa shape index (κ2) is 5.64. The minimum absolute atomic E-state index is 0.444. The monoisotopic (exact) mass is 208 g/mol. The average Bonchev–Trinajstić information content (AvgIpc) is 2.13. The van der Waals surface area contributed by atoms with E-state index in [1.54, 1.807) is 0 Å². The standard InChI is InChI=1S/C13H24N2/c1-10(2)9-12(5)15(8)13(6)14(7)11(3)4/h9,11H,5-6H2,1-4,7-8H3. The molecular weight excluding hydrogens is 184 g/mol. The summed E-state index contributed by atoms with van der Waals surface area (Å²) in [6.07, 6.45) is 2.05. The van der Waals surface area contributed by atoms with Crippen LogP contribution >= 0.6 is 0 Å². The van der Waals surface area contributed by atoms with Gasteiger partial charge in [0.25, 0.3) is 0 Å². The van der Waals surface area contributed by atoms with Crippen LogP contribution in [-0.4, -0.2) is 29.9 Å². The summed E-state index contributed by atoms with van der Waals surface area (Å²) >= 11 is 0. The van der Waals surface area contributed by atoms with Gasteiger partial charge < -0.3 is 9.80 Å². The highest BCUT2D eigenvalue weighted by Gasteiger charge is 2.11. The molecule has 0 aliphatic rings. The van der Waals surface area contributed by atoms with E-state index in [1.807, 2.05) is 19.0 Å². The molecular formula is C13H24N2. The lowest BCUT2D eigenvalue weighted by atomic mass is 10.2. The van der Waals surface area contributed by atoms with Gasteiger partial charge in [0.15, 0.2) is 0 Å². The summed E-state index contributed by atoms with van der Waals surface area (Å²) in [4.78, 5) is 4.14. The van der Waals surface area contributed by atoms with Crippen LogP contribution in [0.1, 0.15) is 27.7 Å². The van der Waals surface area contributed by atoms with Crippen molar-refractivity contribution in [2.24, 2.45) is 0 Å². The van der Waals surface area contributed by atoms with Gasteiger partial charge >= 0.3 is 0 Å². The van der Waals surface area contributed by atoms with Crippen LogP contribution < -0.4 is 0 Å². The molecule has 2 nitrogen and oxygen atoms in total. The zero-order valence-corrected chi connectivity index (χ0v) is 11.0. The van der Waals surface area contributed by atoms with Crippen molar-refractivity contribution in [3.05, 3.63) is 36.3 Å². The highest BCUT2D eigenvalue weighted by atomic mass is 15.3. The molecule has 0 aliphatic carbocycles. The molecule has 0 aromatic rings. The largest absolute Gasteiger partial charge is 0.359 e. The molecule has 0 heterocycles. The van der Waals surface area contributed by atoms with Crippen molar-refractivity contribution in [2.45, 2.75) is 33.7 Å². The second-order valence-electron chi connectivity index (χ2n) is 4.39. The first-order valence-corrected chi connectivity index (χ1v) is 5.26. The summed E-state index contributed by atoms with van der Waals surface area (Å²) in [5.74, 6) is 0.965. The summed E-state index contributed by atoms with van der Waals surface area (Å²) in [6.45, 7) is 16.5. The molecule has 0 saturated heterocycles. The molecule has 0 rings (SSSR count). The van der Waals surface area contributed by atoms with Crippen molar-refractivity contribution in [3.8, 4) is 0 Å². The molecule has 0 bridgehead atoms. The SMILES string of the molecule is C=C(C=C(C)C)N(C)C(=C)N(C)C(C)C. The van der Waals surface area contributed by atoms with Crippen LogP contribution in [0, 0.1) is 0 Å². The fraction of sp³-hybridized carbons (Fsp3) is 0.538. The number of nitrogens with zero attached hydrogens (tertiary/aromatic N) is 2. The smallest absolute Gasteiger partial charge is 0.101 e. The highest BCUT2D eigenvalue weighted by Crippen LogP contribution is 2.14. The minimum Gasteiger partial charge on any atom is -0.359 e. The van der Waals surface area contributed by atoms with Gasteiger partial charge in [-0.3, -0.25) is 0 Å². The van der Waals surface area contributed by atoms with Gasteiger partial charge in [0, 0.05) is 25.8 Å². The molecule has 0 N–H and O–H groups in total. The molecule has 0 radical (unpaired) electrons. The van der Waals surface area contributed by atoms with Crippen molar-refractivity contribution < 1.29 is 0 Å². The van der Waals surface area contributed by atoms with Gasteiger partial charge in [-0.1, -0.05) is 18.7 Å². The zero-order valence-electron chi connectivity index (χ0n) is 11.0. The molecule has 0 saturated carbocycles. The van der Waals surface area contributed by atoms with E-state index in [-0.39, 0.29) is 0 Å². The van der Waals surface area contributed by atoms with E-state index in [1.165, 1.54) is 5.57 Å². The number of hydrogen-bond donors (Lipinski definition) is 0. The van der Waals surface area contributed by atoms with E-state index < -0.39 is 0 Å². The molecule has 0 spiro atoms. The minimum atomic E-state index is 0.444. The van der Waals surface area contributed by atoms with Crippen LogP contribution in [0.5, 0.6) is 0 Å². The van der Waals surface area contributed by atoms with Gasteiger partial charge in [0.05, 0.1) is 0 Å². The second-order valence-corrected chi connectivity index (χ2v) is 4.39. The zero-order chi connectivity index (χ0) is 12.2. The number of likely N-dealkylation sites (N-methyl/N-ethyl adjacent to an activating group) is 1. The third kappa shape index (κ3) is 4.24. The third-order valence-corrected chi connectivity index (χ3v) is 2.46. The van der Waals surface area contributed by atoms with Gasteiger partial charge in [0.1, 0.15) is 5.82 Å². The maximum Gasteiger partial charge on any atom is 0.101 e. The fourth-order valence-corrected chi connectivity index (χ4v) is 1.13. The average molecular weight is 208 g/mol. The summed E-state index contributed by atoms with van der Waals surface area (Å²) < 4.78 is 0. The Bertz CT molecular complexity index is 270. The Kier molecular flexibility index (Phi) is 5.20. The van der Waals surface area contributed by atoms with E-state index in [9.17, 15) is 0 Å². The van der Waals surface area contributed by atoms with Gasteiger partial charge in [-0.25, -0.2) is 0 Å². The molecule has 86 valence electrons. The van der Waals surface area contributed by atoms with Crippen LogP contribution in [0.3, 0.4) is 0 Å². The summed E-state index contributed by atoms with van der Waals surface area (Å²) in [7, 11) is 4.03. The van der Waals surface area contributed by atoms with Crippen molar-refractivity contribution in [2.75, 3.05) is 14.1 Å². The van der Waals surface area contributed by atoms with Crippen LogP contribution in [0.15, 0.2) is 36.3 Å². The molecule has 0 amide bonds. The molecule has 0 aromatic heterocycles. The number of hydrogen-bond acceptors (Lipinski definition) is 2. The molecule has 2 heteroatoms. The van der Waals surface area contributed by atoms with Crippen LogP contribution in [0.4, 0.5) is 0 Å². The van der Waals surface area contributed by atoms with E-state index in [4.69, 9.17) is 0 Å². The number of allylic oxidation sites excluding steroid dienone is 2. The Morgan fingerprint density at radius 3 is 1.93 bits per heavy atom. The van der Waals surface area contributed by atoms with E-state index in [2.05, 4.69) is 51.8 Å². The Morgan fingerprint density at radius 2 is 1.60 bits per heavy atom. The molecule has 0 unspecified atom stereocenters. The lowest BCUT2D eigenvalue weighted by Gasteiger charge is -2.33. The first-order chi connectivity index (χ1) is 6.77. The Balaban J connectivity index is 4.59. The predicted molar refractivity (Wildman–Crippen MR) is 68.4 cm³/mol. The Morgan fingerprint density at radius 1 is 1.13 bits per heavy atom. The topological polar surface area (TPSA) is 6.48 Å². The van der Waals surface area contributed by atoms with Crippen molar-refractivity contribution in [1.82, 2.24) is 9.80 Å². The molecule has 0 fully saturated rings. The van der Waals surface area contributed by atoms with Crippen molar-refractivity contribution >= 4 is 0 Å². The molecule has 0 aliphatic heterocycles. The maximum atomic E-state index is 4.07. The lowest BCUT2D eigenvalue weighted by molar-refractivity contribution is 0.266. The molecule has 15 heavy (non-hydrogen) atoms. The van der Waals surface area contributed by atoms with E-state index in [0.29, 0.717) is 6.04 Å². The van der Waals surface area contributed by atoms with Gasteiger partial charge in [-0.15, -0.1) is 0 Å². The third-order valence-electron chi connectivity index (χ3n) is 2.46. The normalized spacial score (nSPS) is 9.80. The quantitative estimate of drug-likeness (QED) is 0.640.